The second kappa shape index (κ2) is 10.3. The van der Waals surface area contributed by atoms with E-state index in [1.165, 1.54) is 11.8 Å². The fourth-order valence-electron chi connectivity index (χ4n) is 2.11. The van der Waals surface area contributed by atoms with E-state index >= 15 is 0 Å². The van der Waals surface area contributed by atoms with E-state index in [4.69, 9.17) is 13.9 Å². The monoisotopic (exact) mass is 381 g/mol. The Morgan fingerprint density at radius 2 is 2.04 bits per heavy atom. The maximum atomic E-state index is 12.2. The molecule has 0 saturated heterocycles. The van der Waals surface area contributed by atoms with E-state index in [2.05, 4.69) is 5.32 Å². The molecule has 25 heavy (non-hydrogen) atoms. The van der Waals surface area contributed by atoms with Gasteiger partial charge in [-0.05, 0) is 37.3 Å². The van der Waals surface area contributed by atoms with Crippen LogP contribution in [0.1, 0.15) is 12.7 Å². The highest BCUT2D eigenvalue weighted by Gasteiger charge is 2.15. The molecule has 0 aliphatic rings. The smallest absolute Gasteiger partial charge is 0.233 e. The Balaban J connectivity index is 1.72. The summed E-state index contributed by atoms with van der Waals surface area (Å²) in [5.41, 5.74) is 0. The Morgan fingerprint density at radius 3 is 2.72 bits per heavy atom. The topological polar surface area (TPSA) is 60.7 Å². The minimum Gasteiger partial charge on any atom is -0.493 e. The van der Waals surface area contributed by atoms with Crippen LogP contribution in [0.15, 0.2) is 45.9 Å². The van der Waals surface area contributed by atoms with Gasteiger partial charge in [0.1, 0.15) is 5.76 Å². The van der Waals surface area contributed by atoms with Crippen molar-refractivity contribution >= 4 is 29.4 Å². The van der Waals surface area contributed by atoms with Crippen molar-refractivity contribution < 1.29 is 18.7 Å². The Kier molecular flexibility index (Phi) is 8.08. The molecule has 0 spiro atoms. The summed E-state index contributed by atoms with van der Waals surface area (Å²) >= 11 is 3.22. The lowest BCUT2D eigenvalue weighted by Gasteiger charge is -2.13. The van der Waals surface area contributed by atoms with Gasteiger partial charge in [0.25, 0.3) is 0 Å². The summed E-state index contributed by atoms with van der Waals surface area (Å²) in [6, 6.07) is 9.48. The van der Waals surface area contributed by atoms with Crippen LogP contribution in [0.4, 0.5) is 0 Å². The van der Waals surface area contributed by atoms with Gasteiger partial charge in [-0.1, -0.05) is 0 Å². The maximum absolute atomic E-state index is 12.2. The molecule has 0 unspecified atom stereocenters. The number of hydrogen-bond donors (Lipinski definition) is 1. The van der Waals surface area contributed by atoms with Gasteiger partial charge in [-0.3, -0.25) is 4.79 Å². The molecular formula is C18H23NO4S2. The average molecular weight is 382 g/mol. The van der Waals surface area contributed by atoms with E-state index in [9.17, 15) is 4.79 Å². The molecule has 1 atom stereocenters. The van der Waals surface area contributed by atoms with Gasteiger partial charge in [0.15, 0.2) is 11.5 Å². The van der Waals surface area contributed by atoms with Crippen molar-refractivity contribution in [3.63, 3.8) is 0 Å². The fourth-order valence-corrected chi connectivity index (χ4v) is 3.78. The van der Waals surface area contributed by atoms with E-state index in [-0.39, 0.29) is 11.2 Å². The highest BCUT2D eigenvalue weighted by atomic mass is 32.2. The van der Waals surface area contributed by atoms with E-state index < -0.39 is 0 Å². The lowest BCUT2D eigenvalue weighted by molar-refractivity contribution is -0.120. The molecule has 1 aromatic carbocycles. The van der Waals surface area contributed by atoms with Crippen molar-refractivity contribution in [1.82, 2.24) is 5.32 Å². The zero-order valence-corrected chi connectivity index (χ0v) is 16.2. The second-order valence-electron chi connectivity index (χ2n) is 5.20. The van der Waals surface area contributed by atoms with Crippen LogP contribution in [0.25, 0.3) is 0 Å². The zero-order chi connectivity index (χ0) is 18.1. The lowest BCUT2D eigenvalue weighted by atomic mass is 10.3. The van der Waals surface area contributed by atoms with Crippen LogP contribution in [0.5, 0.6) is 11.5 Å². The summed E-state index contributed by atoms with van der Waals surface area (Å²) in [5.74, 6) is 3.98. The summed E-state index contributed by atoms with van der Waals surface area (Å²) in [4.78, 5) is 13.2. The van der Waals surface area contributed by atoms with Crippen LogP contribution in [-0.2, 0) is 10.5 Å². The fraction of sp³-hybridized carbons (Fsp3) is 0.389. The molecule has 136 valence electrons. The van der Waals surface area contributed by atoms with Gasteiger partial charge in [-0.25, -0.2) is 0 Å². The number of amides is 1. The minimum absolute atomic E-state index is 0.0263. The first-order chi connectivity index (χ1) is 12.1. The molecular weight excluding hydrogens is 358 g/mol. The number of rotatable bonds is 10. The largest absolute Gasteiger partial charge is 0.493 e. The van der Waals surface area contributed by atoms with E-state index in [0.717, 1.165) is 22.2 Å². The van der Waals surface area contributed by atoms with Crippen molar-refractivity contribution in [3.05, 3.63) is 42.4 Å². The highest BCUT2D eigenvalue weighted by Crippen LogP contribution is 2.33. The molecule has 1 N–H and O–H groups in total. The summed E-state index contributed by atoms with van der Waals surface area (Å²) in [6.45, 7) is 2.54. The third-order valence-electron chi connectivity index (χ3n) is 3.41. The highest BCUT2D eigenvalue weighted by molar-refractivity contribution is 8.00. The summed E-state index contributed by atoms with van der Waals surface area (Å²) in [7, 11) is 3.20. The van der Waals surface area contributed by atoms with Crippen molar-refractivity contribution in [2.45, 2.75) is 22.8 Å². The van der Waals surface area contributed by atoms with Gasteiger partial charge in [0.2, 0.25) is 5.91 Å². The van der Waals surface area contributed by atoms with E-state index in [1.807, 2.05) is 37.3 Å². The summed E-state index contributed by atoms with van der Waals surface area (Å²) in [6.07, 6.45) is 1.67. The van der Waals surface area contributed by atoms with Gasteiger partial charge in [0.05, 0.1) is 31.5 Å². The Bertz CT molecular complexity index is 661. The molecule has 0 bridgehead atoms. The second-order valence-corrected chi connectivity index (χ2v) is 7.72. The van der Waals surface area contributed by atoms with Crippen LogP contribution < -0.4 is 14.8 Å². The van der Waals surface area contributed by atoms with Gasteiger partial charge < -0.3 is 19.2 Å². The van der Waals surface area contributed by atoms with E-state index in [0.29, 0.717) is 18.0 Å². The molecule has 5 nitrogen and oxygen atoms in total. The van der Waals surface area contributed by atoms with Crippen molar-refractivity contribution in [2.75, 3.05) is 26.5 Å². The molecule has 7 heteroatoms. The lowest BCUT2D eigenvalue weighted by Crippen LogP contribution is -2.32. The Labute approximate surface area is 156 Å². The number of nitrogens with one attached hydrogen (secondary N) is 1. The first kappa shape index (κ1) is 19.6. The third kappa shape index (κ3) is 6.25. The number of hydrogen-bond acceptors (Lipinski definition) is 6. The first-order valence-corrected chi connectivity index (χ1v) is 9.94. The third-order valence-corrected chi connectivity index (χ3v) is 5.48. The normalized spacial score (nSPS) is 11.8. The number of ether oxygens (including phenoxy) is 2. The van der Waals surface area contributed by atoms with Gasteiger partial charge in [-0.15, -0.1) is 11.8 Å². The molecule has 2 rings (SSSR count). The predicted octanol–water partition coefficient (Wildman–Crippen LogP) is 3.83. The van der Waals surface area contributed by atoms with Gasteiger partial charge in [-0.2, -0.15) is 11.8 Å². The van der Waals surface area contributed by atoms with Gasteiger partial charge >= 0.3 is 0 Å². The molecule has 0 radical (unpaired) electrons. The number of methoxy groups -OCH3 is 2. The van der Waals surface area contributed by atoms with Crippen LogP contribution in [-0.4, -0.2) is 37.7 Å². The molecule has 1 amide bonds. The molecule has 0 aliphatic carbocycles. The quantitative estimate of drug-likeness (QED) is 0.499. The number of benzene rings is 1. The standard InChI is InChI=1S/C18H23NO4S2/c1-13(25-15-6-7-16(21-2)17(11-15)22-3)18(20)19-8-10-24-12-14-5-4-9-23-14/h4-7,9,11,13H,8,10,12H2,1-3H3,(H,19,20)/t13-/m1/s1. The SMILES string of the molecule is COc1ccc(S[C@H](C)C(=O)NCCSCc2ccco2)cc1OC. The number of furan rings is 1. The molecule has 0 fully saturated rings. The zero-order valence-electron chi connectivity index (χ0n) is 14.6. The van der Waals surface area contributed by atoms with E-state index in [1.54, 1.807) is 32.2 Å². The van der Waals surface area contributed by atoms with Gasteiger partial charge in [0, 0.05) is 17.2 Å². The predicted molar refractivity (Wildman–Crippen MR) is 103 cm³/mol. The summed E-state index contributed by atoms with van der Waals surface area (Å²) < 4.78 is 15.8. The molecule has 1 heterocycles. The number of carbonyl (C=O) groups excluding carboxylic acids is 1. The Morgan fingerprint density at radius 1 is 1.24 bits per heavy atom. The van der Waals surface area contributed by atoms with Crippen molar-refractivity contribution in [2.24, 2.45) is 0 Å². The average Bonchev–Trinajstić information content (AvgIpc) is 3.14. The number of carbonyl (C=O) groups is 1. The Hall–Kier alpha value is -1.73. The van der Waals surface area contributed by atoms with Crippen LogP contribution in [0.3, 0.4) is 0 Å². The summed E-state index contributed by atoms with van der Waals surface area (Å²) in [5, 5.41) is 2.78. The van der Waals surface area contributed by atoms with Crippen molar-refractivity contribution in [3.8, 4) is 11.5 Å². The van der Waals surface area contributed by atoms with Crippen LogP contribution in [0, 0.1) is 0 Å². The molecule has 0 saturated carbocycles. The molecule has 2 aromatic rings. The van der Waals surface area contributed by atoms with Crippen LogP contribution >= 0.6 is 23.5 Å². The van der Waals surface area contributed by atoms with Crippen LogP contribution in [0.2, 0.25) is 0 Å². The minimum atomic E-state index is -0.187. The number of thioether (sulfide) groups is 2. The molecule has 0 aliphatic heterocycles. The maximum Gasteiger partial charge on any atom is 0.233 e. The van der Waals surface area contributed by atoms with Crippen molar-refractivity contribution in [1.29, 1.82) is 0 Å². The molecule has 1 aromatic heterocycles. The first-order valence-electron chi connectivity index (χ1n) is 7.90.